The summed E-state index contributed by atoms with van der Waals surface area (Å²) in [6, 6.07) is 21.5. The first-order chi connectivity index (χ1) is 20.5. The molecule has 1 saturated heterocycles. The second-order valence-corrected chi connectivity index (χ2v) is 13.4. The smallest absolute Gasteiger partial charge is 0.311 e. The predicted molar refractivity (Wildman–Crippen MR) is 174 cm³/mol. The highest BCUT2D eigenvalue weighted by molar-refractivity contribution is 5.91. The molecule has 1 atom stereocenters. The van der Waals surface area contributed by atoms with Crippen molar-refractivity contribution in [1.29, 1.82) is 0 Å². The minimum absolute atomic E-state index is 0.0286. The van der Waals surface area contributed by atoms with Gasteiger partial charge in [0, 0.05) is 51.0 Å². The lowest BCUT2D eigenvalue weighted by Crippen LogP contribution is -2.49. The van der Waals surface area contributed by atoms with Crippen molar-refractivity contribution in [1.82, 2.24) is 24.8 Å². The van der Waals surface area contributed by atoms with E-state index in [1.54, 1.807) is 6.33 Å². The summed E-state index contributed by atoms with van der Waals surface area (Å²) in [6.45, 7) is 16.7. The number of fused-ring (bicyclic) bond motifs is 1. The molecule has 0 amide bonds. The predicted octanol–water partition coefficient (Wildman–Crippen LogP) is 6.53. The van der Waals surface area contributed by atoms with Gasteiger partial charge < -0.3 is 19.9 Å². The molecule has 0 saturated carbocycles. The summed E-state index contributed by atoms with van der Waals surface area (Å²) in [7, 11) is 1.47. The minimum atomic E-state index is -0.480. The van der Waals surface area contributed by atoms with Gasteiger partial charge in [0.1, 0.15) is 17.8 Å². The Balaban J connectivity index is 1.16. The molecule has 0 unspecified atom stereocenters. The Morgan fingerprint density at radius 2 is 1.65 bits per heavy atom. The average Bonchev–Trinajstić information content (AvgIpc) is 3.43. The summed E-state index contributed by atoms with van der Waals surface area (Å²) < 4.78 is 5.03. The van der Waals surface area contributed by atoms with Gasteiger partial charge in [-0.15, -0.1) is 0 Å². The number of H-pyrrole nitrogens is 1. The van der Waals surface area contributed by atoms with E-state index in [9.17, 15) is 4.79 Å². The van der Waals surface area contributed by atoms with E-state index in [1.165, 1.54) is 18.2 Å². The van der Waals surface area contributed by atoms with Crippen LogP contribution in [0.25, 0.3) is 22.3 Å². The number of nitrogens with zero attached hydrogens (tertiary/aromatic N) is 4. The molecule has 0 radical (unpaired) electrons. The third kappa shape index (κ3) is 7.61. The first-order valence-electron chi connectivity index (χ1n) is 15.3. The first kappa shape index (κ1) is 30.7. The number of rotatable bonds is 11. The highest BCUT2D eigenvalue weighted by Gasteiger charge is 2.36. The van der Waals surface area contributed by atoms with Gasteiger partial charge in [-0.05, 0) is 55.4 Å². The lowest BCUT2D eigenvalue weighted by Gasteiger charge is -2.41. The molecule has 8 nitrogen and oxygen atoms in total. The van der Waals surface area contributed by atoms with Crippen LogP contribution in [0, 0.1) is 10.8 Å². The molecule has 0 aliphatic carbocycles. The van der Waals surface area contributed by atoms with Crippen molar-refractivity contribution in [2.45, 2.75) is 53.6 Å². The van der Waals surface area contributed by atoms with Crippen LogP contribution in [0.1, 0.15) is 58.2 Å². The zero-order valence-corrected chi connectivity index (χ0v) is 26.5. The van der Waals surface area contributed by atoms with Crippen LogP contribution in [-0.4, -0.2) is 70.6 Å². The number of benzene rings is 2. The zero-order chi connectivity index (χ0) is 30.6. The maximum Gasteiger partial charge on any atom is 0.311 e. The van der Waals surface area contributed by atoms with Crippen LogP contribution in [0.5, 0.6) is 0 Å². The molecule has 1 aliphatic heterocycles. The van der Waals surface area contributed by atoms with Crippen LogP contribution >= 0.6 is 0 Å². The van der Waals surface area contributed by atoms with Crippen LogP contribution < -0.4 is 5.32 Å². The van der Waals surface area contributed by atoms with Gasteiger partial charge in [-0.3, -0.25) is 9.69 Å². The Bertz CT molecular complexity index is 1500. The summed E-state index contributed by atoms with van der Waals surface area (Å²) in [5, 5.41) is 4.54. The van der Waals surface area contributed by atoms with Gasteiger partial charge in [-0.1, -0.05) is 68.4 Å². The molecule has 5 rings (SSSR count). The van der Waals surface area contributed by atoms with Crippen molar-refractivity contribution >= 4 is 22.8 Å². The number of carbonyl (C=O) groups is 1. The molecule has 2 aromatic carbocycles. The minimum Gasteiger partial charge on any atom is -0.469 e. The lowest BCUT2D eigenvalue weighted by molar-refractivity contribution is -0.152. The molecule has 2 aromatic heterocycles. The van der Waals surface area contributed by atoms with E-state index < -0.39 is 5.41 Å². The fraction of sp³-hybridized carbons (Fsp3) is 0.457. The highest BCUT2D eigenvalue weighted by Crippen LogP contribution is 2.35. The van der Waals surface area contributed by atoms with E-state index >= 15 is 0 Å². The normalized spacial score (nSPS) is 15.9. The molecule has 228 valence electrons. The fourth-order valence-electron chi connectivity index (χ4n) is 6.60. The van der Waals surface area contributed by atoms with Gasteiger partial charge in [0.15, 0.2) is 0 Å². The van der Waals surface area contributed by atoms with Crippen molar-refractivity contribution in [2.24, 2.45) is 10.8 Å². The summed E-state index contributed by atoms with van der Waals surface area (Å²) in [4.78, 5) is 29.8. The van der Waals surface area contributed by atoms with Crippen molar-refractivity contribution in [3.8, 4) is 11.3 Å². The van der Waals surface area contributed by atoms with E-state index in [0.29, 0.717) is 0 Å². The van der Waals surface area contributed by atoms with E-state index in [-0.39, 0.29) is 17.4 Å². The third-order valence-corrected chi connectivity index (χ3v) is 8.52. The molecule has 0 spiro atoms. The quantitative estimate of drug-likeness (QED) is 0.195. The van der Waals surface area contributed by atoms with E-state index in [0.717, 1.165) is 73.8 Å². The molecule has 4 aromatic rings. The Labute approximate surface area is 255 Å². The van der Waals surface area contributed by atoms with Crippen molar-refractivity contribution in [3.63, 3.8) is 0 Å². The second-order valence-electron chi connectivity index (χ2n) is 13.4. The number of hydrogen-bond donors (Lipinski definition) is 2. The molecular formula is C35H46N6O2. The van der Waals surface area contributed by atoms with E-state index in [1.807, 2.05) is 19.9 Å². The number of aromatic nitrogens is 3. The van der Waals surface area contributed by atoms with Crippen LogP contribution in [0.3, 0.4) is 0 Å². The molecular weight excluding hydrogens is 536 g/mol. The number of piperazine rings is 1. The molecule has 3 heterocycles. The molecule has 0 bridgehead atoms. The fourth-order valence-corrected chi connectivity index (χ4v) is 6.60. The number of hydrogen-bond acceptors (Lipinski definition) is 7. The van der Waals surface area contributed by atoms with Gasteiger partial charge in [-0.2, -0.15) is 0 Å². The molecule has 2 N–H and O–H groups in total. The SMILES string of the molecule is COC(=O)C(C)(C)CC(C)(C)CN1CCN(Cc2ccc(-c3cc4c(N[C@H](C)c5ccccc5)ncnc4[nH]3)cc2)CC1. The number of anilines is 1. The van der Waals surface area contributed by atoms with Crippen LogP contribution in [-0.2, 0) is 16.1 Å². The van der Waals surface area contributed by atoms with Crippen molar-refractivity contribution in [2.75, 3.05) is 45.2 Å². The first-order valence-corrected chi connectivity index (χ1v) is 15.3. The number of esters is 1. The Morgan fingerprint density at radius 3 is 2.33 bits per heavy atom. The number of carbonyl (C=O) groups excluding carboxylic acids is 1. The zero-order valence-electron chi connectivity index (χ0n) is 26.5. The maximum absolute atomic E-state index is 12.2. The topological polar surface area (TPSA) is 86.4 Å². The number of ether oxygens (including phenoxy) is 1. The third-order valence-electron chi connectivity index (χ3n) is 8.52. The van der Waals surface area contributed by atoms with Crippen LogP contribution in [0.15, 0.2) is 67.0 Å². The van der Waals surface area contributed by atoms with Gasteiger partial charge in [-0.25, -0.2) is 9.97 Å². The van der Waals surface area contributed by atoms with Gasteiger partial charge in [0.25, 0.3) is 0 Å². The summed E-state index contributed by atoms with van der Waals surface area (Å²) >= 11 is 0. The average molecular weight is 583 g/mol. The van der Waals surface area contributed by atoms with Crippen LogP contribution in [0.2, 0.25) is 0 Å². The largest absolute Gasteiger partial charge is 0.469 e. The second kappa shape index (κ2) is 12.9. The maximum atomic E-state index is 12.2. The van der Waals surface area contributed by atoms with E-state index in [2.05, 4.69) is 105 Å². The Morgan fingerprint density at radius 1 is 0.977 bits per heavy atom. The molecule has 1 aliphatic rings. The van der Waals surface area contributed by atoms with E-state index in [4.69, 9.17) is 4.74 Å². The number of aromatic amines is 1. The number of methoxy groups -OCH3 is 1. The number of nitrogens with one attached hydrogen (secondary N) is 2. The Kier molecular flexibility index (Phi) is 9.18. The van der Waals surface area contributed by atoms with Gasteiger partial charge >= 0.3 is 5.97 Å². The van der Waals surface area contributed by atoms with Gasteiger partial charge in [0.2, 0.25) is 0 Å². The van der Waals surface area contributed by atoms with Crippen molar-refractivity contribution in [3.05, 3.63) is 78.1 Å². The van der Waals surface area contributed by atoms with Gasteiger partial charge in [0.05, 0.1) is 17.9 Å². The lowest BCUT2D eigenvalue weighted by atomic mass is 9.74. The summed E-state index contributed by atoms with van der Waals surface area (Å²) in [6.07, 6.45) is 2.41. The standard InChI is InChI=1S/C35H46N6O2/c1-25(27-10-8-7-9-11-27)38-31-29-20-30(39-32(29)37-24-36-31)28-14-12-26(13-15-28)21-40-16-18-41(19-17-40)23-34(2,3)22-35(4,5)33(42)43-6/h7-15,20,24-25H,16-19,21-23H2,1-6H3,(H2,36,37,38,39)/t25-/m1/s1. The molecule has 43 heavy (non-hydrogen) atoms. The van der Waals surface area contributed by atoms with Crippen LogP contribution in [0.4, 0.5) is 5.82 Å². The monoisotopic (exact) mass is 582 g/mol. The van der Waals surface area contributed by atoms with Crippen molar-refractivity contribution < 1.29 is 9.53 Å². The molecule has 8 heteroatoms. The summed E-state index contributed by atoms with van der Waals surface area (Å²) in [5.74, 6) is 0.694. The Hall–Kier alpha value is -3.75. The summed E-state index contributed by atoms with van der Waals surface area (Å²) in [5.41, 5.74) is 5.06. The highest BCUT2D eigenvalue weighted by atomic mass is 16.5. The molecule has 1 fully saturated rings.